The van der Waals surface area contributed by atoms with Gasteiger partial charge in [0.2, 0.25) is 0 Å². The minimum atomic E-state index is -1.07. The summed E-state index contributed by atoms with van der Waals surface area (Å²) in [4.78, 5) is 4.18. The normalized spacial score (nSPS) is 15.2. The molecule has 0 radical (unpaired) electrons. The summed E-state index contributed by atoms with van der Waals surface area (Å²) in [5, 5.41) is 43.3. The second kappa shape index (κ2) is 40.4. The topological polar surface area (TPSA) is 139 Å². The molecule has 0 aromatic carbocycles. The van der Waals surface area contributed by atoms with E-state index in [2.05, 4.69) is 48.0 Å². The molecule has 0 amide bonds. The largest absolute Gasteiger partial charge is 0.391 e. The smallest absolute Gasteiger partial charge is 0.108 e. The second-order valence-corrected chi connectivity index (χ2v) is 16.3. The van der Waals surface area contributed by atoms with Crippen molar-refractivity contribution in [2.45, 2.75) is 231 Å². The van der Waals surface area contributed by atoms with Gasteiger partial charge in [-0.05, 0) is 84.2 Å². The highest BCUT2D eigenvalue weighted by molar-refractivity contribution is 4.87. The molecule has 0 saturated heterocycles. The number of aliphatic hydroxyl groups is 4. The van der Waals surface area contributed by atoms with Crippen molar-refractivity contribution in [2.24, 2.45) is 11.5 Å². The van der Waals surface area contributed by atoms with E-state index in [4.69, 9.17) is 11.5 Å². The first-order chi connectivity index (χ1) is 26.3. The lowest BCUT2D eigenvalue weighted by Gasteiger charge is -2.44. The molecule has 0 aliphatic carbocycles. The maximum absolute atomic E-state index is 11.4. The number of nitrogens with two attached hydrogens (primary N) is 2. The van der Waals surface area contributed by atoms with Crippen molar-refractivity contribution >= 4 is 0 Å². The van der Waals surface area contributed by atoms with E-state index >= 15 is 0 Å². The summed E-state index contributed by atoms with van der Waals surface area (Å²) in [7, 11) is 0. The number of hydrogen-bond donors (Lipinski definition) is 6. The van der Waals surface area contributed by atoms with Gasteiger partial charge in [0.15, 0.2) is 0 Å². The van der Waals surface area contributed by atoms with Crippen LogP contribution < -0.4 is 11.5 Å². The first-order valence-electron chi connectivity index (χ1n) is 23.2. The Bertz CT molecular complexity index is 756. The molecule has 0 heterocycles. The van der Waals surface area contributed by atoms with Crippen LogP contribution in [0.2, 0.25) is 0 Å². The third-order valence-corrected chi connectivity index (χ3v) is 10.9. The first-order valence-corrected chi connectivity index (χ1v) is 23.2. The summed E-state index contributed by atoms with van der Waals surface area (Å²) in [6.45, 7) is 8.36. The number of unbranched alkanes of at least 4 members (excludes halogenated alkanes) is 24. The predicted octanol–water partition coefficient (Wildman–Crippen LogP) is 9.37. The molecule has 0 rings (SSSR count). The van der Waals surface area contributed by atoms with E-state index in [1.165, 1.54) is 141 Å². The molecule has 8 nitrogen and oxygen atoms in total. The van der Waals surface area contributed by atoms with Crippen molar-refractivity contribution in [1.82, 2.24) is 9.80 Å². The van der Waals surface area contributed by atoms with Gasteiger partial charge in [-0.3, -0.25) is 9.80 Å². The fourth-order valence-electron chi connectivity index (χ4n) is 7.39. The van der Waals surface area contributed by atoms with Gasteiger partial charge in [-0.2, -0.15) is 0 Å². The van der Waals surface area contributed by atoms with Gasteiger partial charge >= 0.3 is 0 Å². The van der Waals surface area contributed by atoms with E-state index in [-0.39, 0.29) is 13.1 Å². The molecule has 0 spiro atoms. The van der Waals surface area contributed by atoms with Crippen LogP contribution in [-0.2, 0) is 0 Å². The molecular weight excluding hydrogens is 673 g/mol. The third-order valence-electron chi connectivity index (χ3n) is 10.9. The molecule has 0 saturated carbocycles. The Hall–Kier alpha value is -0.840. The Morgan fingerprint density at radius 1 is 0.426 bits per heavy atom. The fraction of sp³-hybridized carbons (Fsp3) is 0.913. The van der Waals surface area contributed by atoms with Crippen molar-refractivity contribution in [3.05, 3.63) is 24.3 Å². The molecular formula is C46H94N4O4. The van der Waals surface area contributed by atoms with Gasteiger partial charge < -0.3 is 31.9 Å². The van der Waals surface area contributed by atoms with Crippen molar-refractivity contribution in [3.63, 3.8) is 0 Å². The van der Waals surface area contributed by atoms with Gasteiger partial charge in [0.1, 0.15) is 6.10 Å². The quantitative estimate of drug-likeness (QED) is 0.0205. The number of rotatable bonds is 42. The minimum absolute atomic E-state index is 0.127. The summed E-state index contributed by atoms with van der Waals surface area (Å²) < 4.78 is 0. The van der Waals surface area contributed by atoms with Crippen molar-refractivity contribution in [1.29, 1.82) is 0 Å². The zero-order chi connectivity index (χ0) is 39.9. The maximum Gasteiger partial charge on any atom is 0.108 e. The highest BCUT2D eigenvalue weighted by Gasteiger charge is 2.35. The van der Waals surface area contributed by atoms with Crippen LogP contribution >= 0.6 is 0 Å². The van der Waals surface area contributed by atoms with Gasteiger partial charge in [0, 0.05) is 26.2 Å². The number of nitrogens with zero attached hydrogens (tertiary/aromatic N) is 2. The summed E-state index contributed by atoms with van der Waals surface area (Å²) in [6, 6.07) is 0. The van der Waals surface area contributed by atoms with Crippen LogP contribution in [0.15, 0.2) is 24.3 Å². The molecule has 4 unspecified atom stereocenters. The lowest BCUT2D eigenvalue weighted by Crippen LogP contribution is -2.61. The van der Waals surface area contributed by atoms with Gasteiger partial charge in [0.25, 0.3) is 0 Å². The zero-order valence-corrected chi connectivity index (χ0v) is 36.1. The van der Waals surface area contributed by atoms with Crippen LogP contribution in [0.25, 0.3) is 0 Å². The lowest BCUT2D eigenvalue weighted by atomic mass is 10.0. The number of allylic oxidation sites excluding steroid dienone is 4. The molecule has 0 aromatic rings. The summed E-state index contributed by atoms with van der Waals surface area (Å²) in [6.07, 6.45) is 40.1. The van der Waals surface area contributed by atoms with E-state index in [0.29, 0.717) is 26.2 Å². The van der Waals surface area contributed by atoms with Crippen molar-refractivity contribution in [3.8, 4) is 0 Å². The molecule has 0 aliphatic rings. The summed E-state index contributed by atoms with van der Waals surface area (Å²) >= 11 is 0. The second-order valence-electron chi connectivity index (χ2n) is 16.3. The molecule has 0 fully saturated rings. The minimum Gasteiger partial charge on any atom is -0.391 e. The van der Waals surface area contributed by atoms with Gasteiger partial charge in [0.05, 0.1) is 24.5 Å². The first kappa shape index (κ1) is 53.2. The SMILES string of the molecule is CCCCCCCCC=CCCCCCCCCN(CC(O)CN)C(C(O)C(C)O)N(CCCCCCCCC=CCCCCCCCC)CC(O)CN. The third kappa shape index (κ3) is 32.3. The Morgan fingerprint density at radius 2 is 0.704 bits per heavy atom. The van der Waals surface area contributed by atoms with Gasteiger partial charge in [-0.15, -0.1) is 0 Å². The van der Waals surface area contributed by atoms with Gasteiger partial charge in [-0.25, -0.2) is 0 Å². The van der Waals surface area contributed by atoms with E-state index in [1.807, 2.05) is 0 Å². The standard InChI is InChI=1S/C46H94N4O4/c1-4-6-8-10-12-14-16-18-20-22-24-26-28-30-32-34-36-49(40-43(52)38-47)46(45(54)42(3)51)50(41-44(53)39-48)37-35-33-31-29-27-25-23-21-19-17-15-13-11-9-7-5-2/h18-21,42-46,51-54H,4-17,22-41,47-48H2,1-3H3. The Balaban J connectivity index is 4.83. The highest BCUT2D eigenvalue weighted by Crippen LogP contribution is 2.20. The van der Waals surface area contributed by atoms with Gasteiger partial charge in [-0.1, -0.05) is 154 Å². The monoisotopic (exact) mass is 767 g/mol. The summed E-state index contributed by atoms with van der Waals surface area (Å²) in [5.74, 6) is 0. The number of aliphatic hydroxyl groups excluding tert-OH is 4. The average Bonchev–Trinajstić information content (AvgIpc) is 3.16. The van der Waals surface area contributed by atoms with Crippen LogP contribution in [0.4, 0.5) is 0 Å². The van der Waals surface area contributed by atoms with Crippen molar-refractivity contribution < 1.29 is 20.4 Å². The average molecular weight is 767 g/mol. The predicted molar refractivity (Wildman–Crippen MR) is 234 cm³/mol. The molecule has 8 N–H and O–H groups in total. The zero-order valence-electron chi connectivity index (χ0n) is 36.1. The van der Waals surface area contributed by atoms with E-state index in [1.54, 1.807) is 6.92 Å². The Morgan fingerprint density at radius 3 is 0.981 bits per heavy atom. The molecule has 0 aliphatic heterocycles. The molecule has 4 atom stereocenters. The van der Waals surface area contributed by atoms with E-state index in [0.717, 1.165) is 38.5 Å². The van der Waals surface area contributed by atoms with E-state index in [9.17, 15) is 20.4 Å². The van der Waals surface area contributed by atoms with Crippen LogP contribution in [0.1, 0.15) is 201 Å². The summed E-state index contributed by atoms with van der Waals surface area (Å²) in [5.41, 5.74) is 11.7. The van der Waals surface area contributed by atoms with Crippen LogP contribution in [0.3, 0.4) is 0 Å². The Labute approximate surface area is 335 Å². The molecule has 0 bridgehead atoms. The van der Waals surface area contributed by atoms with Crippen molar-refractivity contribution in [2.75, 3.05) is 39.3 Å². The molecule has 0 aromatic heterocycles. The van der Waals surface area contributed by atoms with Crippen LogP contribution in [0, 0.1) is 0 Å². The Kier molecular flexibility index (Phi) is 39.7. The van der Waals surface area contributed by atoms with Crippen LogP contribution in [-0.4, -0.2) is 100 Å². The molecule has 8 heteroatoms. The van der Waals surface area contributed by atoms with E-state index < -0.39 is 30.6 Å². The highest BCUT2D eigenvalue weighted by atomic mass is 16.3. The molecule has 54 heavy (non-hydrogen) atoms. The maximum atomic E-state index is 11.4. The number of hydrogen-bond acceptors (Lipinski definition) is 8. The van der Waals surface area contributed by atoms with Crippen LogP contribution in [0.5, 0.6) is 0 Å². The molecule has 322 valence electrons. The lowest BCUT2D eigenvalue weighted by molar-refractivity contribution is -0.108. The fourth-order valence-corrected chi connectivity index (χ4v) is 7.39.